The number of imidazole rings is 1. The van der Waals surface area contributed by atoms with Crippen molar-refractivity contribution in [3.63, 3.8) is 0 Å². The number of carbonyl (C=O) groups is 1. The van der Waals surface area contributed by atoms with Crippen LogP contribution in [0.1, 0.15) is 30.7 Å². The number of carbonyl (C=O) groups excluding carboxylic acids is 1. The van der Waals surface area contributed by atoms with E-state index in [0.29, 0.717) is 12.3 Å². The summed E-state index contributed by atoms with van der Waals surface area (Å²) < 4.78 is 7.45. The predicted octanol–water partition coefficient (Wildman–Crippen LogP) is 2.12. The summed E-state index contributed by atoms with van der Waals surface area (Å²) in [5.41, 5.74) is 2.78. The second-order valence-electron chi connectivity index (χ2n) is 5.97. The van der Waals surface area contributed by atoms with Crippen LogP contribution in [0.15, 0.2) is 24.4 Å². The van der Waals surface area contributed by atoms with Gasteiger partial charge in [0, 0.05) is 26.0 Å². The first-order chi connectivity index (χ1) is 10.7. The maximum atomic E-state index is 12.2. The molecule has 22 heavy (non-hydrogen) atoms. The van der Waals surface area contributed by atoms with Crippen LogP contribution in [-0.4, -0.2) is 35.1 Å². The van der Waals surface area contributed by atoms with Gasteiger partial charge in [-0.2, -0.15) is 0 Å². The quantitative estimate of drug-likeness (QED) is 0.920. The van der Waals surface area contributed by atoms with Crippen LogP contribution < -0.4 is 5.32 Å². The van der Waals surface area contributed by atoms with Crippen LogP contribution in [0.5, 0.6) is 0 Å². The van der Waals surface area contributed by atoms with Crippen molar-refractivity contribution in [2.75, 3.05) is 19.8 Å². The third-order valence-electron chi connectivity index (χ3n) is 4.29. The third kappa shape index (κ3) is 3.47. The molecule has 1 amide bonds. The Morgan fingerprint density at radius 3 is 3.23 bits per heavy atom. The summed E-state index contributed by atoms with van der Waals surface area (Å²) in [6.07, 6.45) is 5.68. The lowest BCUT2D eigenvalue weighted by atomic mass is 9.99. The van der Waals surface area contributed by atoms with Gasteiger partial charge in [0.25, 0.3) is 0 Å². The molecule has 1 saturated heterocycles. The fraction of sp³-hybridized carbons (Fsp3) is 0.529. The van der Waals surface area contributed by atoms with Crippen molar-refractivity contribution in [3.05, 3.63) is 35.8 Å². The maximum absolute atomic E-state index is 12.2. The van der Waals surface area contributed by atoms with E-state index in [1.165, 1.54) is 6.42 Å². The van der Waals surface area contributed by atoms with Crippen molar-refractivity contribution in [2.45, 2.75) is 32.6 Å². The number of ether oxygens (including phenoxy) is 1. The molecule has 1 N–H and O–H groups in total. The highest BCUT2D eigenvalue weighted by atomic mass is 16.5. The number of hydrogen-bond donors (Lipinski definition) is 1. The molecule has 1 atom stereocenters. The Morgan fingerprint density at radius 2 is 2.41 bits per heavy atom. The zero-order chi connectivity index (χ0) is 15.4. The lowest BCUT2D eigenvalue weighted by molar-refractivity contribution is -0.120. The van der Waals surface area contributed by atoms with Crippen molar-refractivity contribution in [3.8, 4) is 0 Å². The average Bonchev–Trinajstić information content (AvgIpc) is 2.84. The zero-order valence-electron chi connectivity index (χ0n) is 13.0. The molecule has 2 aromatic rings. The Hall–Kier alpha value is -1.88. The van der Waals surface area contributed by atoms with Gasteiger partial charge in [-0.05, 0) is 44.2 Å². The molecule has 0 radical (unpaired) electrons. The topological polar surface area (TPSA) is 55.6 Å². The summed E-state index contributed by atoms with van der Waals surface area (Å²) in [5.74, 6) is 0.650. The summed E-state index contributed by atoms with van der Waals surface area (Å²) >= 11 is 0. The molecule has 5 nitrogen and oxygen atoms in total. The molecule has 3 rings (SSSR count). The van der Waals surface area contributed by atoms with E-state index in [4.69, 9.17) is 4.74 Å². The second-order valence-corrected chi connectivity index (χ2v) is 5.97. The van der Waals surface area contributed by atoms with Crippen LogP contribution in [0, 0.1) is 12.8 Å². The molecule has 1 aliphatic heterocycles. The molecule has 0 bridgehead atoms. The number of fused-ring (bicyclic) bond motifs is 1. The molecule has 1 aliphatic rings. The summed E-state index contributed by atoms with van der Waals surface area (Å²) in [5, 5.41) is 3.02. The highest BCUT2D eigenvalue weighted by Gasteiger charge is 2.15. The van der Waals surface area contributed by atoms with Gasteiger partial charge in [0.15, 0.2) is 0 Å². The largest absolute Gasteiger partial charge is 0.381 e. The predicted molar refractivity (Wildman–Crippen MR) is 84.8 cm³/mol. The Morgan fingerprint density at radius 1 is 1.50 bits per heavy atom. The molecule has 1 unspecified atom stereocenters. The molecule has 5 heteroatoms. The normalized spacial score (nSPS) is 18.5. The Kier molecular flexibility index (Phi) is 4.73. The van der Waals surface area contributed by atoms with Gasteiger partial charge >= 0.3 is 0 Å². The maximum Gasteiger partial charge on any atom is 0.226 e. The SMILES string of the molecule is Cc1nc2ccccn2c1CC(=O)NCCC1CCCOC1. The number of nitrogens with zero attached hydrogens (tertiary/aromatic N) is 2. The summed E-state index contributed by atoms with van der Waals surface area (Å²) in [6, 6.07) is 5.87. The van der Waals surface area contributed by atoms with Gasteiger partial charge in [-0.25, -0.2) is 4.98 Å². The molecule has 118 valence electrons. The molecule has 3 heterocycles. The van der Waals surface area contributed by atoms with E-state index in [1.807, 2.05) is 35.7 Å². The van der Waals surface area contributed by atoms with E-state index in [-0.39, 0.29) is 5.91 Å². The Labute approximate surface area is 130 Å². The number of nitrogens with one attached hydrogen (secondary N) is 1. The second kappa shape index (κ2) is 6.92. The minimum absolute atomic E-state index is 0.0606. The molecule has 0 saturated carbocycles. The van der Waals surface area contributed by atoms with E-state index < -0.39 is 0 Å². The number of aromatic nitrogens is 2. The van der Waals surface area contributed by atoms with Crippen molar-refractivity contribution >= 4 is 11.6 Å². The van der Waals surface area contributed by atoms with E-state index >= 15 is 0 Å². The van der Waals surface area contributed by atoms with Gasteiger partial charge < -0.3 is 14.5 Å². The first-order valence-electron chi connectivity index (χ1n) is 8.01. The highest BCUT2D eigenvalue weighted by molar-refractivity contribution is 5.78. The number of pyridine rings is 1. The van der Waals surface area contributed by atoms with Gasteiger partial charge in [0.1, 0.15) is 5.65 Å². The monoisotopic (exact) mass is 301 g/mol. The van der Waals surface area contributed by atoms with Crippen molar-refractivity contribution < 1.29 is 9.53 Å². The van der Waals surface area contributed by atoms with Crippen LogP contribution in [0.2, 0.25) is 0 Å². The van der Waals surface area contributed by atoms with Crippen LogP contribution in [-0.2, 0) is 16.0 Å². The van der Waals surface area contributed by atoms with Gasteiger partial charge in [-0.15, -0.1) is 0 Å². The standard InChI is InChI=1S/C17H23N3O2/c1-13-15(20-9-3-2-6-16(20)19-13)11-17(21)18-8-7-14-5-4-10-22-12-14/h2-3,6,9,14H,4-5,7-8,10-12H2,1H3,(H,18,21). The molecule has 0 aromatic carbocycles. The van der Waals surface area contributed by atoms with Crippen LogP contribution >= 0.6 is 0 Å². The first kappa shape index (κ1) is 15.0. The van der Waals surface area contributed by atoms with Crippen molar-refractivity contribution in [1.29, 1.82) is 0 Å². The zero-order valence-corrected chi connectivity index (χ0v) is 13.0. The summed E-state index contributed by atoms with van der Waals surface area (Å²) in [7, 11) is 0. The smallest absolute Gasteiger partial charge is 0.226 e. The van der Waals surface area contributed by atoms with Crippen LogP contribution in [0.25, 0.3) is 5.65 Å². The first-order valence-corrected chi connectivity index (χ1v) is 8.01. The minimum atomic E-state index is 0.0606. The molecule has 0 aliphatic carbocycles. The molecular formula is C17H23N3O2. The minimum Gasteiger partial charge on any atom is -0.381 e. The number of rotatable bonds is 5. The third-order valence-corrected chi connectivity index (χ3v) is 4.29. The van der Waals surface area contributed by atoms with Crippen LogP contribution in [0.4, 0.5) is 0 Å². The average molecular weight is 301 g/mol. The van der Waals surface area contributed by atoms with Crippen molar-refractivity contribution in [1.82, 2.24) is 14.7 Å². The Bertz CT molecular complexity index is 644. The Balaban J connectivity index is 1.53. The summed E-state index contributed by atoms with van der Waals surface area (Å²) in [6.45, 7) is 4.40. The fourth-order valence-electron chi connectivity index (χ4n) is 3.04. The fourth-order valence-corrected chi connectivity index (χ4v) is 3.04. The van der Waals surface area contributed by atoms with Gasteiger partial charge in [-0.1, -0.05) is 6.07 Å². The lowest BCUT2D eigenvalue weighted by Crippen LogP contribution is -2.29. The van der Waals surface area contributed by atoms with E-state index in [9.17, 15) is 4.79 Å². The number of aryl methyl sites for hydroxylation is 1. The van der Waals surface area contributed by atoms with Gasteiger partial charge in [0.2, 0.25) is 5.91 Å². The molecule has 0 spiro atoms. The molecule has 2 aromatic heterocycles. The molecule has 1 fully saturated rings. The number of amides is 1. The highest BCUT2D eigenvalue weighted by Crippen LogP contribution is 2.16. The lowest BCUT2D eigenvalue weighted by Gasteiger charge is -2.21. The van der Waals surface area contributed by atoms with E-state index in [2.05, 4.69) is 10.3 Å². The van der Waals surface area contributed by atoms with Crippen molar-refractivity contribution in [2.24, 2.45) is 5.92 Å². The van der Waals surface area contributed by atoms with E-state index in [1.54, 1.807) is 0 Å². The number of hydrogen-bond acceptors (Lipinski definition) is 3. The van der Waals surface area contributed by atoms with Gasteiger partial charge in [0.05, 0.1) is 17.8 Å². The summed E-state index contributed by atoms with van der Waals surface area (Å²) in [4.78, 5) is 16.7. The molecular weight excluding hydrogens is 278 g/mol. The van der Waals surface area contributed by atoms with Crippen LogP contribution in [0.3, 0.4) is 0 Å². The van der Waals surface area contributed by atoms with E-state index in [0.717, 1.165) is 49.6 Å². The van der Waals surface area contributed by atoms with Gasteiger partial charge in [-0.3, -0.25) is 4.79 Å².